The Kier molecular flexibility index (Phi) is 5.48. The molecular formula is C13H17BrO3. The van der Waals surface area contributed by atoms with Gasteiger partial charge < -0.3 is 9.47 Å². The Labute approximate surface area is 110 Å². The van der Waals surface area contributed by atoms with Gasteiger partial charge in [0.05, 0.1) is 17.7 Å². The topological polar surface area (TPSA) is 35.5 Å². The molecule has 0 saturated heterocycles. The van der Waals surface area contributed by atoms with Crippen molar-refractivity contribution in [2.75, 3.05) is 13.2 Å². The summed E-state index contributed by atoms with van der Waals surface area (Å²) in [5.41, 5.74) is 0.615. The molecule has 0 aromatic heterocycles. The number of ether oxygens (including phenoxy) is 2. The van der Waals surface area contributed by atoms with Crippen molar-refractivity contribution in [3.8, 4) is 11.5 Å². The van der Waals surface area contributed by atoms with Gasteiger partial charge in [0.25, 0.3) is 0 Å². The first-order chi connectivity index (χ1) is 8.10. The monoisotopic (exact) mass is 300 g/mol. The number of halogens is 1. The summed E-state index contributed by atoms with van der Waals surface area (Å²) >= 11 is 3.41. The first-order valence-corrected chi connectivity index (χ1v) is 6.49. The number of ketones is 1. The molecule has 17 heavy (non-hydrogen) atoms. The largest absolute Gasteiger partial charge is 0.490 e. The third kappa shape index (κ3) is 3.73. The summed E-state index contributed by atoms with van der Waals surface area (Å²) in [5.74, 6) is 1.29. The molecule has 1 aromatic rings. The SMILES string of the molecule is CCCOc1c(Br)cc(C(C)=O)cc1OCC. The number of benzene rings is 1. The molecule has 0 heterocycles. The van der Waals surface area contributed by atoms with E-state index in [-0.39, 0.29) is 5.78 Å². The van der Waals surface area contributed by atoms with Gasteiger partial charge in [0, 0.05) is 5.56 Å². The predicted octanol–water partition coefficient (Wildman–Crippen LogP) is 3.84. The van der Waals surface area contributed by atoms with Crippen molar-refractivity contribution in [2.45, 2.75) is 27.2 Å². The zero-order valence-electron chi connectivity index (χ0n) is 10.4. The average Bonchev–Trinajstić information content (AvgIpc) is 2.28. The van der Waals surface area contributed by atoms with Crippen LogP contribution in [0.3, 0.4) is 0 Å². The van der Waals surface area contributed by atoms with Crippen LogP contribution in [0.15, 0.2) is 16.6 Å². The molecule has 0 N–H and O–H groups in total. The van der Waals surface area contributed by atoms with E-state index in [0.717, 1.165) is 10.9 Å². The Bertz CT molecular complexity index is 402. The van der Waals surface area contributed by atoms with Crippen LogP contribution in [-0.2, 0) is 0 Å². The average molecular weight is 301 g/mol. The summed E-state index contributed by atoms with van der Waals surface area (Å²) in [6.07, 6.45) is 0.923. The Balaban J connectivity index is 3.12. The fourth-order valence-corrected chi connectivity index (χ4v) is 1.93. The summed E-state index contributed by atoms with van der Waals surface area (Å²) in [7, 11) is 0. The number of carbonyl (C=O) groups is 1. The molecule has 0 spiro atoms. The minimum Gasteiger partial charge on any atom is -0.490 e. The Morgan fingerprint density at radius 2 is 2.00 bits per heavy atom. The van der Waals surface area contributed by atoms with E-state index in [1.807, 2.05) is 13.8 Å². The number of hydrogen-bond donors (Lipinski definition) is 0. The van der Waals surface area contributed by atoms with Crippen molar-refractivity contribution < 1.29 is 14.3 Å². The smallest absolute Gasteiger partial charge is 0.175 e. The van der Waals surface area contributed by atoms with Gasteiger partial charge in [-0.1, -0.05) is 6.92 Å². The van der Waals surface area contributed by atoms with E-state index in [4.69, 9.17) is 9.47 Å². The van der Waals surface area contributed by atoms with Gasteiger partial charge in [-0.2, -0.15) is 0 Å². The lowest BCUT2D eigenvalue weighted by atomic mass is 10.1. The van der Waals surface area contributed by atoms with E-state index in [2.05, 4.69) is 15.9 Å². The highest BCUT2D eigenvalue weighted by Crippen LogP contribution is 2.37. The molecule has 0 radical (unpaired) electrons. The summed E-state index contributed by atoms with van der Waals surface area (Å²) in [5, 5.41) is 0. The summed E-state index contributed by atoms with van der Waals surface area (Å²) < 4.78 is 11.9. The molecular weight excluding hydrogens is 284 g/mol. The Hall–Kier alpha value is -1.03. The molecule has 94 valence electrons. The molecule has 0 aliphatic carbocycles. The summed E-state index contributed by atoms with van der Waals surface area (Å²) in [4.78, 5) is 11.4. The van der Waals surface area contributed by atoms with Crippen LogP contribution < -0.4 is 9.47 Å². The fourth-order valence-electron chi connectivity index (χ4n) is 1.38. The second-order valence-corrected chi connectivity index (χ2v) is 4.48. The number of hydrogen-bond acceptors (Lipinski definition) is 3. The van der Waals surface area contributed by atoms with Crippen LogP contribution in [-0.4, -0.2) is 19.0 Å². The molecule has 3 nitrogen and oxygen atoms in total. The maximum atomic E-state index is 11.4. The van der Waals surface area contributed by atoms with E-state index in [0.29, 0.717) is 30.3 Å². The highest BCUT2D eigenvalue weighted by atomic mass is 79.9. The minimum atomic E-state index is 0.00805. The van der Waals surface area contributed by atoms with Crippen LogP contribution >= 0.6 is 15.9 Å². The number of rotatable bonds is 6. The van der Waals surface area contributed by atoms with Crippen molar-refractivity contribution >= 4 is 21.7 Å². The molecule has 1 aromatic carbocycles. The van der Waals surface area contributed by atoms with Crippen LogP contribution in [0.2, 0.25) is 0 Å². The Morgan fingerprint density at radius 3 is 2.53 bits per heavy atom. The first-order valence-electron chi connectivity index (χ1n) is 5.70. The van der Waals surface area contributed by atoms with Gasteiger partial charge in [0.15, 0.2) is 17.3 Å². The lowest BCUT2D eigenvalue weighted by Crippen LogP contribution is -2.03. The molecule has 0 atom stereocenters. The van der Waals surface area contributed by atoms with Crippen molar-refractivity contribution in [1.82, 2.24) is 0 Å². The standard InChI is InChI=1S/C13H17BrO3/c1-4-6-17-13-11(14)7-10(9(3)15)8-12(13)16-5-2/h7-8H,4-6H2,1-3H3. The maximum Gasteiger partial charge on any atom is 0.175 e. The molecule has 0 amide bonds. The van der Waals surface area contributed by atoms with Crippen LogP contribution in [0.4, 0.5) is 0 Å². The van der Waals surface area contributed by atoms with Crippen molar-refractivity contribution in [3.05, 3.63) is 22.2 Å². The fraction of sp³-hybridized carbons (Fsp3) is 0.462. The molecule has 4 heteroatoms. The molecule has 0 bridgehead atoms. The van der Waals surface area contributed by atoms with Gasteiger partial charge in [-0.3, -0.25) is 4.79 Å². The van der Waals surface area contributed by atoms with Crippen LogP contribution in [0.5, 0.6) is 11.5 Å². The predicted molar refractivity (Wildman–Crippen MR) is 71.1 cm³/mol. The van der Waals surface area contributed by atoms with E-state index in [1.165, 1.54) is 6.92 Å². The van der Waals surface area contributed by atoms with E-state index in [1.54, 1.807) is 12.1 Å². The van der Waals surface area contributed by atoms with E-state index < -0.39 is 0 Å². The molecule has 0 saturated carbocycles. The second-order valence-electron chi connectivity index (χ2n) is 3.62. The van der Waals surface area contributed by atoms with E-state index in [9.17, 15) is 4.79 Å². The zero-order chi connectivity index (χ0) is 12.8. The van der Waals surface area contributed by atoms with Gasteiger partial charge in [-0.05, 0) is 48.3 Å². The van der Waals surface area contributed by atoms with Crippen molar-refractivity contribution in [3.63, 3.8) is 0 Å². The molecule has 0 fully saturated rings. The molecule has 0 aliphatic heterocycles. The molecule has 0 unspecified atom stereocenters. The first kappa shape index (κ1) is 14.0. The maximum absolute atomic E-state index is 11.4. The zero-order valence-corrected chi connectivity index (χ0v) is 12.0. The van der Waals surface area contributed by atoms with Crippen LogP contribution in [0.1, 0.15) is 37.6 Å². The quantitative estimate of drug-likeness (QED) is 0.749. The van der Waals surface area contributed by atoms with Gasteiger partial charge in [-0.25, -0.2) is 0 Å². The van der Waals surface area contributed by atoms with Gasteiger partial charge in [0.2, 0.25) is 0 Å². The lowest BCUT2D eigenvalue weighted by Gasteiger charge is -2.14. The van der Waals surface area contributed by atoms with Crippen LogP contribution in [0, 0.1) is 0 Å². The van der Waals surface area contributed by atoms with E-state index >= 15 is 0 Å². The van der Waals surface area contributed by atoms with Gasteiger partial charge >= 0.3 is 0 Å². The number of Topliss-reactive ketones (excluding diaryl/α,β-unsaturated/α-hetero) is 1. The van der Waals surface area contributed by atoms with Gasteiger partial charge in [-0.15, -0.1) is 0 Å². The minimum absolute atomic E-state index is 0.00805. The van der Waals surface area contributed by atoms with Gasteiger partial charge in [0.1, 0.15) is 0 Å². The highest BCUT2D eigenvalue weighted by molar-refractivity contribution is 9.10. The Morgan fingerprint density at radius 1 is 1.29 bits per heavy atom. The lowest BCUT2D eigenvalue weighted by molar-refractivity contribution is 0.101. The molecule has 0 aliphatic rings. The van der Waals surface area contributed by atoms with Crippen molar-refractivity contribution in [1.29, 1.82) is 0 Å². The van der Waals surface area contributed by atoms with Crippen molar-refractivity contribution in [2.24, 2.45) is 0 Å². The summed E-state index contributed by atoms with van der Waals surface area (Å²) in [6.45, 7) is 6.63. The number of carbonyl (C=O) groups excluding carboxylic acids is 1. The third-order valence-electron chi connectivity index (χ3n) is 2.17. The molecule has 1 rings (SSSR count). The third-order valence-corrected chi connectivity index (χ3v) is 2.76. The van der Waals surface area contributed by atoms with Crippen LogP contribution in [0.25, 0.3) is 0 Å². The summed E-state index contributed by atoms with van der Waals surface area (Å²) in [6, 6.07) is 3.48. The second kappa shape index (κ2) is 6.64. The normalized spacial score (nSPS) is 10.1. The highest BCUT2D eigenvalue weighted by Gasteiger charge is 2.13.